The van der Waals surface area contributed by atoms with E-state index in [4.69, 9.17) is 4.84 Å². The van der Waals surface area contributed by atoms with Crippen LogP contribution < -0.4 is 5.32 Å². The molecule has 36 heavy (non-hydrogen) atoms. The molecule has 0 aromatic heterocycles. The van der Waals surface area contributed by atoms with Crippen LogP contribution in [0.2, 0.25) is 0 Å². The lowest BCUT2D eigenvalue weighted by atomic mass is 10.0. The van der Waals surface area contributed by atoms with E-state index in [9.17, 15) is 29.1 Å². The van der Waals surface area contributed by atoms with Gasteiger partial charge in [-0.15, -0.1) is 5.06 Å². The minimum atomic E-state index is -1.25. The van der Waals surface area contributed by atoms with Gasteiger partial charge in [0.25, 0.3) is 11.8 Å². The Kier molecular flexibility index (Phi) is 17.3. The highest BCUT2D eigenvalue weighted by atomic mass is 16.7. The molecular formula is C27H46N2O7. The average molecular weight is 511 g/mol. The maximum atomic E-state index is 12.1. The van der Waals surface area contributed by atoms with Crippen molar-refractivity contribution < 1.29 is 33.9 Å². The van der Waals surface area contributed by atoms with Crippen molar-refractivity contribution in [2.45, 2.75) is 141 Å². The first-order chi connectivity index (χ1) is 17.3. The van der Waals surface area contributed by atoms with Gasteiger partial charge in [0.1, 0.15) is 6.04 Å². The summed E-state index contributed by atoms with van der Waals surface area (Å²) in [6.45, 7) is 2.24. The van der Waals surface area contributed by atoms with Crippen molar-refractivity contribution in [1.29, 1.82) is 0 Å². The molecule has 0 aromatic carbocycles. The Morgan fingerprint density at radius 2 is 1.22 bits per heavy atom. The van der Waals surface area contributed by atoms with Crippen LogP contribution in [-0.4, -0.2) is 45.9 Å². The van der Waals surface area contributed by atoms with Crippen LogP contribution in [0.1, 0.15) is 135 Å². The molecule has 1 rings (SSSR count). The van der Waals surface area contributed by atoms with Crippen molar-refractivity contribution in [2.75, 3.05) is 0 Å². The zero-order chi connectivity index (χ0) is 26.6. The van der Waals surface area contributed by atoms with Gasteiger partial charge in [-0.05, 0) is 12.8 Å². The number of rotatable bonds is 22. The molecule has 1 fully saturated rings. The van der Waals surface area contributed by atoms with Crippen molar-refractivity contribution in [3.8, 4) is 0 Å². The van der Waals surface area contributed by atoms with Crippen molar-refractivity contribution in [1.82, 2.24) is 10.4 Å². The second-order valence-electron chi connectivity index (χ2n) is 9.74. The van der Waals surface area contributed by atoms with Gasteiger partial charge in [0.2, 0.25) is 5.91 Å². The van der Waals surface area contributed by atoms with Gasteiger partial charge in [0, 0.05) is 19.3 Å². The number of carbonyl (C=O) groups is 5. The van der Waals surface area contributed by atoms with E-state index in [2.05, 4.69) is 12.2 Å². The SMILES string of the molecule is CCCCCCCCCCCCCCCCCC(=O)NC(CCC(=O)ON1C(=O)CCC1=O)C(=O)O. The summed E-state index contributed by atoms with van der Waals surface area (Å²) < 4.78 is 0. The summed E-state index contributed by atoms with van der Waals surface area (Å²) in [5.41, 5.74) is 0. The van der Waals surface area contributed by atoms with Crippen LogP contribution in [0.4, 0.5) is 0 Å². The molecule has 1 heterocycles. The lowest BCUT2D eigenvalue weighted by Crippen LogP contribution is -2.41. The molecule has 0 bridgehead atoms. The maximum Gasteiger partial charge on any atom is 0.333 e. The van der Waals surface area contributed by atoms with E-state index in [0.29, 0.717) is 11.5 Å². The standard InChI is InChI=1S/C27H46N2O7/c1-2-3-4-5-6-7-8-9-10-11-12-13-14-15-16-17-23(30)28-22(27(34)35)18-21-26(33)36-29-24(31)19-20-25(29)32/h22H,2-21H2,1H3,(H,28,30)(H,34,35). The van der Waals surface area contributed by atoms with Gasteiger partial charge >= 0.3 is 11.9 Å². The topological polar surface area (TPSA) is 130 Å². The monoisotopic (exact) mass is 510 g/mol. The lowest BCUT2D eigenvalue weighted by molar-refractivity contribution is -0.197. The molecule has 1 saturated heterocycles. The van der Waals surface area contributed by atoms with Crippen LogP contribution in [0.25, 0.3) is 0 Å². The molecule has 0 radical (unpaired) electrons. The number of carbonyl (C=O) groups excluding carboxylic acids is 4. The third-order valence-corrected chi connectivity index (χ3v) is 6.48. The minimum Gasteiger partial charge on any atom is -0.480 e. The van der Waals surface area contributed by atoms with Gasteiger partial charge in [0.15, 0.2) is 0 Å². The number of carboxylic acids is 1. The Morgan fingerprint density at radius 1 is 0.778 bits per heavy atom. The summed E-state index contributed by atoms with van der Waals surface area (Å²) >= 11 is 0. The van der Waals surface area contributed by atoms with E-state index in [1.54, 1.807) is 0 Å². The molecule has 0 saturated carbocycles. The number of hydrogen-bond acceptors (Lipinski definition) is 6. The average Bonchev–Trinajstić information content (AvgIpc) is 3.16. The number of amides is 3. The Labute approximate surface area is 215 Å². The number of carboxylic acid groups (broad SMARTS) is 1. The van der Waals surface area contributed by atoms with Gasteiger partial charge in [-0.1, -0.05) is 96.8 Å². The van der Waals surface area contributed by atoms with Crippen LogP contribution in [-0.2, 0) is 28.8 Å². The first kappa shape index (κ1) is 31.6. The molecule has 1 aliphatic rings. The summed E-state index contributed by atoms with van der Waals surface area (Å²) in [6, 6.07) is -1.23. The highest BCUT2D eigenvalue weighted by Crippen LogP contribution is 2.15. The highest BCUT2D eigenvalue weighted by Gasteiger charge is 2.33. The number of hydrogen-bond donors (Lipinski definition) is 2. The van der Waals surface area contributed by atoms with Crippen LogP contribution in [0.15, 0.2) is 0 Å². The fourth-order valence-electron chi connectivity index (χ4n) is 4.25. The van der Waals surface area contributed by atoms with E-state index < -0.39 is 29.8 Å². The van der Waals surface area contributed by atoms with E-state index in [-0.39, 0.29) is 38.0 Å². The number of nitrogens with one attached hydrogen (secondary N) is 1. The van der Waals surface area contributed by atoms with Gasteiger partial charge in [-0.2, -0.15) is 0 Å². The van der Waals surface area contributed by atoms with Crippen molar-refractivity contribution >= 4 is 29.7 Å². The quantitative estimate of drug-likeness (QED) is 0.151. The first-order valence-electron chi connectivity index (χ1n) is 13.9. The Balaban J connectivity index is 2.03. The Bertz CT molecular complexity index is 680. The molecule has 3 amide bonds. The van der Waals surface area contributed by atoms with Crippen LogP contribution in [0.5, 0.6) is 0 Å². The second-order valence-corrected chi connectivity index (χ2v) is 9.74. The van der Waals surface area contributed by atoms with Crippen LogP contribution in [0.3, 0.4) is 0 Å². The smallest absolute Gasteiger partial charge is 0.333 e. The lowest BCUT2D eigenvalue weighted by Gasteiger charge is -2.16. The number of nitrogens with zero attached hydrogens (tertiary/aromatic N) is 1. The first-order valence-corrected chi connectivity index (χ1v) is 13.9. The molecule has 1 aliphatic heterocycles. The zero-order valence-electron chi connectivity index (χ0n) is 22.1. The van der Waals surface area contributed by atoms with Gasteiger partial charge in [0.05, 0.1) is 6.42 Å². The summed E-state index contributed by atoms with van der Waals surface area (Å²) in [4.78, 5) is 63.1. The van der Waals surface area contributed by atoms with Gasteiger partial charge in [-0.3, -0.25) is 14.4 Å². The number of aliphatic carboxylic acids is 1. The fraction of sp³-hybridized carbons (Fsp3) is 0.815. The predicted octanol–water partition coefficient (Wildman–Crippen LogP) is 5.20. The van der Waals surface area contributed by atoms with E-state index >= 15 is 0 Å². The molecule has 0 spiro atoms. The number of hydroxylamine groups is 2. The van der Waals surface area contributed by atoms with Crippen LogP contribution in [0, 0.1) is 0 Å². The Morgan fingerprint density at radius 3 is 1.67 bits per heavy atom. The van der Waals surface area contributed by atoms with Crippen molar-refractivity contribution in [3.05, 3.63) is 0 Å². The molecular weight excluding hydrogens is 464 g/mol. The van der Waals surface area contributed by atoms with Crippen molar-refractivity contribution in [2.24, 2.45) is 0 Å². The summed E-state index contributed by atoms with van der Waals surface area (Å²) in [7, 11) is 0. The number of unbranched alkanes of at least 4 members (excludes halogenated alkanes) is 14. The van der Waals surface area contributed by atoms with Crippen LogP contribution >= 0.6 is 0 Å². The molecule has 206 valence electrons. The minimum absolute atomic E-state index is 0.0147. The molecule has 1 unspecified atom stereocenters. The van der Waals surface area contributed by atoms with E-state index in [1.807, 2.05) is 0 Å². The predicted molar refractivity (Wildman–Crippen MR) is 136 cm³/mol. The maximum absolute atomic E-state index is 12.1. The largest absolute Gasteiger partial charge is 0.480 e. The molecule has 0 aliphatic carbocycles. The summed E-state index contributed by atoms with van der Waals surface area (Å²) in [6.07, 6.45) is 18.1. The van der Waals surface area contributed by atoms with Gasteiger partial charge in [-0.25, -0.2) is 9.59 Å². The molecule has 9 heteroatoms. The van der Waals surface area contributed by atoms with Gasteiger partial charge < -0.3 is 15.3 Å². The second kappa shape index (κ2) is 19.7. The molecule has 0 aromatic rings. The summed E-state index contributed by atoms with van der Waals surface area (Å²) in [5, 5.41) is 12.2. The van der Waals surface area contributed by atoms with Crippen molar-refractivity contribution in [3.63, 3.8) is 0 Å². The fourth-order valence-corrected chi connectivity index (χ4v) is 4.25. The Hall–Kier alpha value is -2.45. The third-order valence-electron chi connectivity index (χ3n) is 6.48. The third kappa shape index (κ3) is 14.8. The molecule has 9 nitrogen and oxygen atoms in total. The molecule has 2 N–H and O–H groups in total. The normalized spacial score (nSPS) is 14.2. The zero-order valence-corrected chi connectivity index (χ0v) is 22.1. The number of imide groups is 1. The molecule has 1 atom stereocenters. The van der Waals surface area contributed by atoms with E-state index in [0.717, 1.165) is 19.3 Å². The summed E-state index contributed by atoms with van der Waals surface area (Å²) in [5.74, 6) is -3.70. The van der Waals surface area contributed by atoms with E-state index in [1.165, 1.54) is 70.6 Å². The highest BCUT2D eigenvalue weighted by molar-refractivity contribution is 6.01.